The number of hydrogen-bond acceptors (Lipinski definition) is 4. The van der Waals surface area contributed by atoms with Gasteiger partial charge in [-0.1, -0.05) is 12.1 Å². The highest BCUT2D eigenvalue weighted by atomic mass is 16.6. The van der Waals surface area contributed by atoms with Gasteiger partial charge in [0.1, 0.15) is 5.60 Å². The van der Waals surface area contributed by atoms with Gasteiger partial charge in [-0.25, -0.2) is 4.79 Å². The number of alkyl carbamates (subject to hydrolysis) is 1. The largest absolute Gasteiger partial charge is 0.444 e. The van der Waals surface area contributed by atoms with Crippen molar-refractivity contribution in [2.24, 2.45) is 0 Å². The zero-order chi connectivity index (χ0) is 18.4. The summed E-state index contributed by atoms with van der Waals surface area (Å²) in [6.45, 7) is 5.97. The molecule has 0 saturated heterocycles. The minimum absolute atomic E-state index is 0.407. The molecule has 5 nitrogen and oxygen atoms in total. The number of benzene rings is 2. The molecule has 0 saturated carbocycles. The average molecular weight is 341 g/mol. The molecule has 2 rings (SSSR count). The van der Waals surface area contributed by atoms with Crippen molar-refractivity contribution in [3.8, 4) is 0 Å². The van der Waals surface area contributed by atoms with Crippen molar-refractivity contribution in [2.45, 2.75) is 32.9 Å². The van der Waals surface area contributed by atoms with Crippen LogP contribution in [-0.2, 0) is 11.3 Å². The molecule has 0 heterocycles. The van der Waals surface area contributed by atoms with Gasteiger partial charge in [0, 0.05) is 37.7 Å². The number of anilines is 3. The third-order valence-electron chi connectivity index (χ3n) is 3.46. The number of nitrogens with zero attached hydrogens (tertiary/aromatic N) is 1. The van der Waals surface area contributed by atoms with Crippen LogP contribution in [0.1, 0.15) is 26.3 Å². The van der Waals surface area contributed by atoms with Gasteiger partial charge in [-0.3, -0.25) is 0 Å². The van der Waals surface area contributed by atoms with Crippen LogP contribution in [0.2, 0.25) is 0 Å². The number of amides is 1. The van der Waals surface area contributed by atoms with E-state index in [1.54, 1.807) is 0 Å². The molecule has 0 bridgehead atoms. The van der Waals surface area contributed by atoms with Crippen LogP contribution in [0.25, 0.3) is 0 Å². The number of carbonyl (C=O) groups is 1. The minimum atomic E-state index is -0.486. The molecule has 5 heteroatoms. The summed E-state index contributed by atoms with van der Waals surface area (Å²) in [5.41, 5.74) is 3.72. The van der Waals surface area contributed by atoms with E-state index in [1.165, 1.54) is 0 Å². The van der Waals surface area contributed by atoms with E-state index in [4.69, 9.17) is 4.74 Å². The molecular weight excluding hydrogens is 314 g/mol. The van der Waals surface area contributed by atoms with E-state index < -0.39 is 11.7 Å². The lowest BCUT2D eigenvalue weighted by atomic mass is 10.2. The highest BCUT2D eigenvalue weighted by Crippen LogP contribution is 2.20. The minimum Gasteiger partial charge on any atom is -0.444 e. The molecule has 0 aliphatic heterocycles. The Morgan fingerprint density at radius 3 is 1.96 bits per heavy atom. The van der Waals surface area contributed by atoms with E-state index >= 15 is 0 Å². The van der Waals surface area contributed by atoms with E-state index in [2.05, 4.69) is 27.7 Å². The Balaban J connectivity index is 1.88. The first-order valence-electron chi connectivity index (χ1n) is 8.33. The van der Waals surface area contributed by atoms with Gasteiger partial charge in [-0.15, -0.1) is 0 Å². The molecule has 2 aromatic rings. The summed E-state index contributed by atoms with van der Waals surface area (Å²) in [5, 5.41) is 6.12. The molecule has 0 radical (unpaired) electrons. The Labute approximate surface area is 150 Å². The summed E-state index contributed by atoms with van der Waals surface area (Å²) >= 11 is 0. The maximum Gasteiger partial charge on any atom is 0.407 e. The summed E-state index contributed by atoms with van der Waals surface area (Å²) in [7, 11) is 4.04. The lowest BCUT2D eigenvalue weighted by molar-refractivity contribution is 0.0523. The second kappa shape index (κ2) is 7.92. The molecule has 0 spiro atoms. The molecule has 0 unspecified atom stereocenters. The maximum absolute atomic E-state index is 11.7. The molecular formula is C20H27N3O2. The monoisotopic (exact) mass is 341 g/mol. The van der Waals surface area contributed by atoms with Gasteiger partial charge in [0.2, 0.25) is 0 Å². The van der Waals surface area contributed by atoms with E-state index in [1.807, 2.05) is 71.3 Å². The highest BCUT2D eigenvalue weighted by molar-refractivity contribution is 5.68. The molecule has 2 aromatic carbocycles. The smallest absolute Gasteiger partial charge is 0.407 e. The zero-order valence-corrected chi connectivity index (χ0v) is 15.6. The van der Waals surface area contributed by atoms with Crippen molar-refractivity contribution in [1.82, 2.24) is 5.32 Å². The Morgan fingerprint density at radius 1 is 0.960 bits per heavy atom. The first-order chi connectivity index (χ1) is 11.7. The predicted octanol–water partition coefficient (Wildman–Crippen LogP) is 4.52. The Morgan fingerprint density at radius 2 is 1.48 bits per heavy atom. The third-order valence-corrected chi connectivity index (χ3v) is 3.46. The Hall–Kier alpha value is -2.69. The second-order valence-corrected chi connectivity index (χ2v) is 7.12. The van der Waals surface area contributed by atoms with Gasteiger partial charge < -0.3 is 20.3 Å². The van der Waals surface area contributed by atoms with E-state index in [9.17, 15) is 4.79 Å². The fourth-order valence-corrected chi connectivity index (χ4v) is 2.20. The zero-order valence-electron chi connectivity index (χ0n) is 15.6. The summed E-state index contributed by atoms with van der Waals surface area (Å²) in [6, 6.07) is 16.2. The topological polar surface area (TPSA) is 53.6 Å². The molecule has 25 heavy (non-hydrogen) atoms. The van der Waals surface area contributed by atoms with Gasteiger partial charge in [-0.05, 0) is 62.7 Å². The summed E-state index contributed by atoms with van der Waals surface area (Å²) in [5.74, 6) is 0. The fraction of sp³-hybridized carbons (Fsp3) is 0.350. The standard InChI is InChI=1S/C20H27N3O2/c1-20(2,3)25-19(24)21-14-15-6-8-16(9-7-15)22-17-10-12-18(13-11-17)23(4)5/h6-13,22H,14H2,1-5H3,(H,21,24). The number of hydrogen-bond donors (Lipinski definition) is 2. The summed E-state index contributed by atoms with van der Waals surface area (Å²) in [6.07, 6.45) is -0.407. The first kappa shape index (κ1) is 18.6. The number of rotatable bonds is 5. The van der Waals surface area contributed by atoms with Crippen LogP contribution in [-0.4, -0.2) is 25.8 Å². The van der Waals surface area contributed by atoms with Crippen molar-refractivity contribution in [3.05, 3.63) is 54.1 Å². The summed E-state index contributed by atoms with van der Waals surface area (Å²) < 4.78 is 5.22. The van der Waals surface area contributed by atoms with E-state index in [-0.39, 0.29) is 0 Å². The first-order valence-corrected chi connectivity index (χ1v) is 8.33. The molecule has 0 aliphatic carbocycles. The van der Waals surface area contributed by atoms with Crippen molar-refractivity contribution in [1.29, 1.82) is 0 Å². The van der Waals surface area contributed by atoms with Gasteiger partial charge in [-0.2, -0.15) is 0 Å². The predicted molar refractivity (Wildman–Crippen MR) is 104 cm³/mol. The molecule has 0 fully saturated rings. The van der Waals surface area contributed by atoms with Crippen molar-refractivity contribution >= 4 is 23.2 Å². The SMILES string of the molecule is CN(C)c1ccc(Nc2ccc(CNC(=O)OC(C)(C)C)cc2)cc1. The van der Waals surface area contributed by atoms with Gasteiger partial charge in [0.05, 0.1) is 0 Å². The molecule has 0 aromatic heterocycles. The van der Waals surface area contributed by atoms with Crippen LogP contribution in [0.15, 0.2) is 48.5 Å². The molecule has 0 aliphatic rings. The van der Waals surface area contributed by atoms with Gasteiger partial charge in [0.25, 0.3) is 0 Å². The Kier molecular flexibility index (Phi) is 5.91. The van der Waals surface area contributed by atoms with Gasteiger partial charge in [0.15, 0.2) is 0 Å². The van der Waals surface area contributed by atoms with Gasteiger partial charge >= 0.3 is 6.09 Å². The third kappa shape index (κ3) is 6.37. The molecule has 2 N–H and O–H groups in total. The lowest BCUT2D eigenvalue weighted by Crippen LogP contribution is -2.32. The maximum atomic E-state index is 11.7. The fourth-order valence-electron chi connectivity index (χ4n) is 2.20. The van der Waals surface area contributed by atoms with Crippen molar-refractivity contribution in [3.63, 3.8) is 0 Å². The van der Waals surface area contributed by atoms with Crippen LogP contribution < -0.4 is 15.5 Å². The molecule has 134 valence electrons. The summed E-state index contributed by atoms with van der Waals surface area (Å²) in [4.78, 5) is 13.7. The van der Waals surface area contributed by atoms with Crippen LogP contribution in [0.5, 0.6) is 0 Å². The number of nitrogens with one attached hydrogen (secondary N) is 2. The van der Waals surface area contributed by atoms with Crippen molar-refractivity contribution < 1.29 is 9.53 Å². The van der Waals surface area contributed by atoms with Crippen LogP contribution >= 0.6 is 0 Å². The van der Waals surface area contributed by atoms with Crippen LogP contribution in [0.4, 0.5) is 21.9 Å². The van der Waals surface area contributed by atoms with E-state index in [0.717, 1.165) is 22.6 Å². The molecule has 0 atom stereocenters. The van der Waals surface area contributed by atoms with Crippen LogP contribution in [0, 0.1) is 0 Å². The quantitative estimate of drug-likeness (QED) is 0.839. The molecule has 1 amide bonds. The van der Waals surface area contributed by atoms with Crippen LogP contribution in [0.3, 0.4) is 0 Å². The lowest BCUT2D eigenvalue weighted by Gasteiger charge is -2.19. The number of carbonyl (C=O) groups excluding carboxylic acids is 1. The second-order valence-electron chi connectivity index (χ2n) is 7.12. The number of ether oxygens (including phenoxy) is 1. The average Bonchev–Trinajstić information content (AvgIpc) is 2.53. The normalized spacial score (nSPS) is 10.9. The highest BCUT2D eigenvalue weighted by Gasteiger charge is 2.15. The van der Waals surface area contributed by atoms with Crippen molar-refractivity contribution in [2.75, 3.05) is 24.3 Å². The van der Waals surface area contributed by atoms with E-state index in [0.29, 0.717) is 6.54 Å². The Bertz CT molecular complexity index is 686.